The predicted molar refractivity (Wildman–Crippen MR) is 139 cm³/mol. The van der Waals surface area contributed by atoms with Crippen molar-refractivity contribution in [1.29, 1.82) is 0 Å². The van der Waals surface area contributed by atoms with Gasteiger partial charge >= 0.3 is 11.8 Å². The maximum absolute atomic E-state index is 12.6. The van der Waals surface area contributed by atoms with Gasteiger partial charge in [-0.1, -0.05) is 12.1 Å². The number of oxazole rings is 1. The summed E-state index contributed by atoms with van der Waals surface area (Å²) in [6.07, 6.45) is 4.12. The second kappa shape index (κ2) is 11.2. The van der Waals surface area contributed by atoms with Gasteiger partial charge in [-0.15, -0.1) is 0 Å². The first-order valence-corrected chi connectivity index (χ1v) is 12.0. The minimum absolute atomic E-state index is 0.126. The lowest BCUT2D eigenvalue weighted by Gasteiger charge is -2.26. The quantitative estimate of drug-likeness (QED) is 0.334. The Morgan fingerprint density at radius 2 is 1.82 bits per heavy atom. The number of carbonyl (C=O) groups excluding carboxylic acids is 4. The number of carbonyl (C=O) groups is 4. The molecule has 0 unspecified atom stereocenters. The number of nitrogens with zero attached hydrogens (tertiary/aromatic N) is 1. The molecule has 2 heterocycles. The highest BCUT2D eigenvalue weighted by molar-refractivity contribution is 6.39. The first kappa shape index (κ1) is 26.4. The van der Waals surface area contributed by atoms with E-state index in [1.54, 1.807) is 36.5 Å². The fourth-order valence-electron chi connectivity index (χ4n) is 4.17. The number of rotatable bonds is 8. The van der Waals surface area contributed by atoms with Gasteiger partial charge in [-0.05, 0) is 56.5 Å². The molecule has 11 nitrogen and oxygen atoms in total. The Balaban J connectivity index is 1.31. The average molecular weight is 520 g/mol. The minimum atomic E-state index is -0.815. The van der Waals surface area contributed by atoms with Crippen LogP contribution in [0.1, 0.15) is 32.3 Å². The molecule has 198 valence electrons. The topological polar surface area (TPSA) is 152 Å². The number of ether oxygens (including phenoxy) is 1. The standard InChI is InChI=1S/C27H29N5O6/c1-27(2,13-16-4-6-17(7-5-16)29-24(34)20-10-11-23(33)31-20)32-26(36)25(35)30-18-8-9-19(21(12-18)37-3)22-14-28-15-38-22/h4-9,12,14-15,20H,10-11,13H2,1-3H3,(H,29,34)(H,30,35)(H,31,33)(H,32,36)/t20-/m1/s1. The van der Waals surface area contributed by atoms with Gasteiger partial charge < -0.3 is 30.4 Å². The summed E-state index contributed by atoms with van der Waals surface area (Å²) in [4.78, 5) is 52.7. The Bertz CT molecular complexity index is 1330. The smallest absolute Gasteiger partial charge is 0.313 e. The number of methoxy groups -OCH3 is 1. The van der Waals surface area contributed by atoms with Crippen molar-refractivity contribution >= 4 is 35.0 Å². The maximum Gasteiger partial charge on any atom is 0.313 e. The molecule has 1 aliphatic heterocycles. The van der Waals surface area contributed by atoms with Crippen LogP contribution in [0, 0.1) is 0 Å². The third-order valence-electron chi connectivity index (χ3n) is 5.99. The van der Waals surface area contributed by atoms with Crippen LogP contribution >= 0.6 is 0 Å². The zero-order valence-corrected chi connectivity index (χ0v) is 21.3. The second-order valence-electron chi connectivity index (χ2n) is 9.59. The van der Waals surface area contributed by atoms with Crippen molar-refractivity contribution in [3.8, 4) is 17.1 Å². The monoisotopic (exact) mass is 519 g/mol. The number of amides is 4. The van der Waals surface area contributed by atoms with Crippen molar-refractivity contribution in [2.24, 2.45) is 0 Å². The van der Waals surface area contributed by atoms with E-state index in [9.17, 15) is 19.2 Å². The summed E-state index contributed by atoms with van der Waals surface area (Å²) in [5, 5.41) is 10.8. The molecular weight excluding hydrogens is 490 g/mol. The van der Waals surface area contributed by atoms with E-state index in [0.717, 1.165) is 5.56 Å². The normalized spacial score (nSPS) is 14.9. The van der Waals surface area contributed by atoms with E-state index in [0.29, 0.717) is 47.7 Å². The van der Waals surface area contributed by atoms with Crippen LogP contribution in [0.4, 0.5) is 11.4 Å². The Morgan fingerprint density at radius 1 is 1.08 bits per heavy atom. The lowest BCUT2D eigenvalue weighted by atomic mass is 9.94. The maximum atomic E-state index is 12.6. The molecule has 1 aromatic heterocycles. The first-order chi connectivity index (χ1) is 18.1. The molecule has 3 aromatic rings. The number of benzene rings is 2. The van der Waals surface area contributed by atoms with Gasteiger partial charge in [0, 0.05) is 29.4 Å². The summed E-state index contributed by atoms with van der Waals surface area (Å²) in [6, 6.07) is 11.6. The van der Waals surface area contributed by atoms with E-state index in [1.165, 1.54) is 13.5 Å². The van der Waals surface area contributed by atoms with Crippen LogP contribution < -0.4 is 26.0 Å². The number of hydrogen-bond donors (Lipinski definition) is 4. The Hall–Kier alpha value is -4.67. The lowest BCUT2D eigenvalue weighted by molar-refractivity contribution is -0.137. The van der Waals surface area contributed by atoms with Crippen LogP contribution in [-0.4, -0.2) is 47.3 Å². The van der Waals surface area contributed by atoms with Crippen molar-refractivity contribution in [3.63, 3.8) is 0 Å². The summed E-state index contributed by atoms with van der Waals surface area (Å²) in [5.41, 5.74) is 1.81. The Kier molecular flexibility index (Phi) is 7.75. The highest BCUT2D eigenvalue weighted by Gasteiger charge is 2.28. The van der Waals surface area contributed by atoms with Crippen LogP contribution in [0.5, 0.6) is 5.75 Å². The predicted octanol–water partition coefficient (Wildman–Crippen LogP) is 2.64. The van der Waals surface area contributed by atoms with Crippen LogP contribution in [-0.2, 0) is 25.6 Å². The van der Waals surface area contributed by atoms with E-state index in [2.05, 4.69) is 26.3 Å². The van der Waals surface area contributed by atoms with Gasteiger partial charge in [0.2, 0.25) is 11.8 Å². The molecule has 0 saturated carbocycles. The average Bonchev–Trinajstić information content (AvgIpc) is 3.57. The Morgan fingerprint density at radius 3 is 2.45 bits per heavy atom. The van der Waals surface area contributed by atoms with Gasteiger partial charge in [-0.2, -0.15) is 0 Å². The van der Waals surface area contributed by atoms with E-state index in [4.69, 9.17) is 9.15 Å². The molecule has 38 heavy (non-hydrogen) atoms. The molecule has 0 aliphatic carbocycles. The Labute approximate surface area is 219 Å². The van der Waals surface area contributed by atoms with Crippen LogP contribution in [0.25, 0.3) is 11.3 Å². The van der Waals surface area contributed by atoms with Gasteiger partial charge in [0.05, 0.1) is 18.9 Å². The van der Waals surface area contributed by atoms with Gasteiger partial charge in [0.1, 0.15) is 11.8 Å². The summed E-state index contributed by atoms with van der Waals surface area (Å²) in [6.45, 7) is 3.62. The van der Waals surface area contributed by atoms with Crippen molar-refractivity contribution < 1.29 is 28.3 Å². The van der Waals surface area contributed by atoms with E-state index in [-0.39, 0.29) is 11.8 Å². The molecule has 1 saturated heterocycles. The fourth-order valence-corrected chi connectivity index (χ4v) is 4.17. The van der Waals surface area contributed by atoms with Crippen molar-refractivity contribution in [3.05, 3.63) is 60.6 Å². The fraction of sp³-hybridized carbons (Fsp3) is 0.296. The number of anilines is 2. The molecule has 1 aliphatic rings. The number of nitrogens with one attached hydrogen (secondary N) is 4. The van der Waals surface area contributed by atoms with Crippen LogP contribution in [0.2, 0.25) is 0 Å². The first-order valence-electron chi connectivity index (χ1n) is 12.0. The molecule has 0 radical (unpaired) electrons. The van der Waals surface area contributed by atoms with Crippen LogP contribution in [0.15, 0.2) is 59.5 Å². The highest BCUT2D eigenvalue weighted by atomic mass is 16.5. The zero-order valence-electron chi connectivity index (χ0n) is 21.3. The highest BCUT2D eigenvalue weighted by Crippen LogP contribution is 2.32. The summed E-state index contributed by atoms with van der Waals surface area (Å²) < 4.78 is 10.7. The third kappa shape index (κ3) is 6.55. The summed E-state index contributed by atoms with van der Waals surface area (Å²) in [5.74, 6) is -1.02. The minimum Gasteiger partial charge on any atom is -0.496 e. The summed E-state index contributed by atoms with van der Waals surface area (Å²) >= 11 is 0. The zero-order chi connectivity index (χ0) is 27.3. The molecule has 2 aromatic carbocycles. The van der Waals surface area contributed by atoms with Gasteiger partial charge in [-0.25, -0.2) is 4.98 Å². The molecule has 11 heteroatoms. The molecule has 4 amide bonds. The largest absolute Gasteiger partial charge is 0.496 e. The van der Waals surface area contributed by atoms with Gasteiger partial charge in [0.25, 0.3) is 0 Å². The molecule has 4 rings (SSSR count). The third-order valence-corrected chi connectivity index (χ3v) is 5.99. The molecule has 1 atom stereocenters. The summed E-state index contributed by atoms with van der Waals surface area (Å²) in [7, 11) is 1.49. The molecule has 4 N–H and O–H groups in total. The molecule has 1 fully saturated rings. The SMILES string of the molecule is COc1cc(NC(=O)C(=O)NC(C)(C)Cc2ccc(NC(=O)[C@H]3CCC(=O)N3)cc2)ccc1-c1cnco1. The number of aromatic nitrogens is 1. The van der Waals surface area contributed by atoms with Gasteiger partial charge in [0.15, 0.2) is 12.2 Å². The number of hydrogen-bond acceptors (Lipinski definition) is 7. The van der Waals surface area contributed by atoms with Crippen molar-refractivity contribution in [2.75, 3.05) is 17.7 Å². The molecule has 0 spiro atoms. The van der Waals surface area contributed by atoms with Gasteiger partial charge in [-0.3, -0.25) is 19.2 Å². The van der Waals surface area contributed by atoms with Crippen LogP contribution in [0.3, 0.4) is 0 Å². The second-order valence-corrected chi connectivity index (χ2v) is 9.59. The molecular formula is C27H29N5O6. The molecule has 0 bridgehead atoms. The van der Waals surface area contributed by atoms with E-state index < -0.39 is 23.4 Å². The van der Waals surface area contributed by atoms with Crippen molar-refractivity contribution in [2.45, 2.75) is 44.7 Å². The lowest BCUT2D eigenvalue weighted by Crippen LogP contribution is -2.49. The van der Waals surface area contributed by atoms with E-state index in [1.807, 2.05) is 26.0 Å². The van der Waals surface area contributed by atoms with E-state index >= 15 is 0 Å². The van der Waals surface area contributed by atoms with Crippen molar-refractivity contribution in [1.82, 2.24) is 15.6 Å².